The van der Waals surface area contributed by atoms with Crippen molar-refractivity contribution in [1.29, 1.82) is 0 Å². The third-order valence-electron chi connectivity index (χ3n) is 1.76. The number of rotatable bonds is 4. The summed E-state index contributed by atoms with van der Waals surface area (Å²) in [7, 11) is 0. The Morgan fingerprint density at radius 1 is 1.62 bits per heavy atom. The smallest absolute Gasteiger partial charge is 0.228 e. The fourth-order valence-corrected chi connectivity index (χ4v) is 2.18. The van der Waals surface area contributed by atoms with Crippen LogP contribution in [0.5, 0.6) is 0 Å². The molecule has 1 N–H and O–H groups in total. The van der Waals surface area contributed by atoms with Crippen molar-refractivity contribution in [3.05, 3.63) is 22.6 Å². The Morgan fingerprint density at radius 2 is 2.50 bits per heavy atom. The van der Waals surface area contributed by atoms with Crippen LogP contribution in [0.4, 0.5) is 5.13 Å². The number of hydrogen-bond acceptors (Lipinski definition) is 5. The Bertz CT molecular complexity index is 468. The van der Waals surface area contributed by atoms with Crippen molar-refractivity contribution in [2.75, 3.05) is 5.32 Å². The average molecular weight is 302 g/mol. The molecular formula is C8H8BrN5OS. The SMILES string of the molecule is O=C(CCn1cncn1)Nc1ncc(Br)s1. The van der Waals surface area contributed by atoms with Crippen molar-refractivity contribution in [1.82, 2.24) is 19.7 Å². The van der Waals surface area contributed by atoms with Gasteiger partial charge in [0.2, 0.25) is 5.91 Å². The molecule has 1 amide bonds. The Balaban J connectivity index is 1.81. The van der Waals surface area contributed by atoms with Gasteiger partial charge in [0.25, 0.3) is 0 Å². The van der Waals surface area contributed by atoms with Crippen LogP contribution in [0, 0.1) is 0 Å². The van der Waals surface area contributed by atoms with Gasteiger partial charge in [-0.1, -0.05) is 11.3 Å². The van der Waals surface area contributed by atoms with Crippen LogP contribution < -0.4 is 5.32 Å². The summed E-state index contributed by atoms with van der Waals surface area (Å²) in [5.74, 6) is -0.0858. The number of aryl methyl sites for hydroxylation is 1. The van der Waals surface area contributed by atoms with E-state index in [1.165, 1.54) is 17.7 Å². The minimum Gasteiger partial charge on any atom is -0.302 e. The first-order chi connectivity index (χ1) is 7.74. The van der Waals surface area contributed by atoms with Gasteiger partial charge in [0.05, 0.1) is 16.5 Å². The number of carbonyl (C=O) groups is 1. The molecule has 0 fully saturated rings. The van der Waals surface area contributed by atoms with Crippen LogP contribution >= 0.6 is 27.3 Å². The zero-order chi connectivity index (χ0) is 11.4. The maximum atomic E-state index is 11.5. The lowest BCUT2D eigenvalue weighted by Crippen LogP contribution is -2.14. The Morgan fingerprint density at radius 3 is 3.12 bits per heavy atom. The maximum absolute atomic E-state index is 11.5. The van der Waals surface area contributed by atoms with Crippen LogP contribution in [-0.2, 0) is 11.3 Å². The second-order valence-corrected chi connectivity index (χ2v) is 5.34. The van der Waals surface area contributed by atoms with Gasteiger partial charge in [0.15, 0.2) is 5.13 Å². The van der Waals surface area contributed by atoms with Crippen molar-refractivity contribution in [2.24, 2.45) is 0 Å². The topological polar surface area (TPSA) is 72.7 Å². The molecule has 2 heterocycles. The predicted octanol–water partition coefficient (Wildman–Crippen LogP) is 1.53. The molecule has 2 rings (SSSR count). The number of carbonyl (C=O) groups excluding carboxylic acids is 1. The molecule has 0 unspecified atom stereocenters. The molecule has 2 aromatic heterocycles. The second kappa shape index (κ2) is 5.17. The average Bonchev–Trinajstić information content (AvgIpc) is 2.87. The summed E-state index contributed by atoms with van der Waals surface area (Å²) in [6.07, 6.45) is 5.02. The Labute approximate surface area is 104 Å². The van der Waals surface area contributed by atoms with E-state index in [1.54, 1.807) is 17.2 Å². The number of anilines is 1. The van der Waals surface area contributed by atoms with Crippen molar-refractivity contribution in [3.63, 3.8) is 0 Å². The van der Waals surface area contributed by atoms with Gasteiger partial charge in [-0.15, -0.1) is 0 Å². The number of thiazole rings is 1. The first-order valence-corrected chi connectivity index (χ1v) is 6.08. The van der Waals surface area contributed by atoms with E-state index in [0.717, 1.165) is 3.79 Å². The van der Waals surface area contributed by atoms with Gasteiger partial charge in [-0.25, -0.2) is 9.97 Å². The van der Waals surface area contributed by atoms with E-state index in [-0.39, 0.29) is 5.91 Å². The molecule has 0 spiro atoms. The normalized spacial score (nSPS) is 10.3. The van der Waals surface area contributed by atoms with Gasteiger partial charge >= 0.3 is 0 Å². The maximum Gasteiger partial charge on any atom is 0.228 e. The van der Waals surface area contributed by atoms with Crippen molar-refractivity contribution in [2.45, 2.75) is 13.0 Å². The largest absolute Gasteiger partial charge is 0.302 e. The molecule has 0 saturated carbocycles. The second-order valence-electron chi connectivity index (χ2n) is 2.93. The van der Waals surface area contributed by atoms with Crippen LogP contribution in [0.1, 0.15) is 6.42 Å². The highest BCUT2D eigenvalue weighted by molar-refractivity contribution is 9.11. The van der Waals surface area contributed by atoms with Crippen LogP contribution in [0.15, 0.2) is 22.6 Å². The van der Waals surface area contributed by atoms with Gasteiger partial charge in [0.1, 0.15) is 12.7 Å². The third-order valence-corrected chi connectivity index (χ3v) is 3.15. The van der Waals surface area contributed by atoms with E-state index in [1.807, 2.05) is 0 Å². The van der Waals surface area contributed by atoms with Crippen molar-refractivity contribution < 1.29 is 4.79 Å². The summed E-state index contributed by atoms with van der Waals surface area (Å²) < 4.78 is 2.50. The standard InChI is InChI=1S/C8H8BrN5OS/c9-6-3-11-8(16-6)13-7(15)1-2-14-5-10-4-12-14/h3-5H,1-2H2,(H,11,13,15). The molecule has 84 valence electrons. The van der Waals surface area contributed by atoms with Gasteiger partial charge in [0, 0.05) is 6.42 Å². The minimum atomic E-state index is -0.0858. The zero-order valence-corrected chi connectivity index (χ0v) is 10.5. The predicted molar refractivity (Wildman–Crippen MR) is 63.1 cm³/mol. The number of nitrogens with one attached hydrogen (secondary N) is 1. The molecule has 0 aromatic carbocycles. The molecule has 0 radical (unpaired) electrons. The molecule has 0 bridgehead atoms. The lowest BCUT2D eigenvalue weighted by molar-refractivity contribution is -0.116. The van der Waals surface area contributed by atoms with E-state index in [9.17, 15) is 4.79 Å². The molecule has 0 aliphatic heterocycles. The first-order valence-electron chi connectivity index (χ1n) is 4.47. The highest BCUT2D eigenvalue weighted by atomic mass is 79.9. The van der Waals surface area contributed by atoms with Gasteiger partial charge in [-0.3, -0.25) is 9.48 Å². The van der Waals surface area contributed by atoms with E-state index in [4.69, 9.17) is 0 Å². The molecule has 0 saturated heterocycles. The summed E-state index contributed by atoms with van der Waals surface area (Å²) >= 11 is 4.65. The third kappa shape index (κ3) is 3.11. The Kier molecular flexibility index (Phi) is 3.62. The quantitative estimate of drug-likeness (QED) is 0.929. The number of hydrogen-bond donors (Lipinski definition) is 1. The zero-order valence-electron chi connectivity index (χ0n) is 8.13. The lowest BCUT2D eigenvalue weighted by atomic mass is 10.4. The van der Waals surface area contributed by atoms with Crippen molar-refractivity contribution >= 4 is 38.3 Å². The molecule has 0 aliphatic rings. The molecule has 16 heavy (non-hydrogen) atoms. The summed E-state index contributed by atoms with van der Waals surface area (Å²) in [5.41, 5.74) is 0. The number of nitrogens with zero attached hydrogens (tertiary/aromatic N) is 4. The fraction of sp³-hybridized carbons (Fsp3) is 0.250. The van der Waals surface area contributed by atoms with Crippen LogP contribution in [-0.4, -0.2) is 25.7 Å². The number of aromatic nitrogens is 4. The van der Waals surface area contributed by atoms with Gasteiger partial charge < -0.3 is 5.32 Å². The number of amides is 1. The Hall–Kier alpha value is -1.28. The summed E-state index contributed by atoms with van der Waals surface area (Å²) in [6.45, 7) is 0.512. The molecule has 0 aliphatic carbocycles. The summed E-state index contributed by atoms with van der Waals surface area (Å²) in [6, 6.07) is 0. The molecule has 2 aromatic rings. The molecule has 0 atom stereocenters. The highest BCUT2D eigenvalue weighted by Crippen LogP contribution is 2.23. The number of halogens is 1. The molecule has 8 heteroatoms. The van der Waals surface area contributed by atoms with Crippen molar-refractivity contribution in [3.8, 4) is 0 Å². The van der Waals surface area contributed by atoms with Crippen LogP contribution in [0.3, 0.4) is 0 Å². The summed E-state index contributed by atoms with van der Waals surface area (Å²) in [5, 5.41) is 7.20. The molecular weight excluding hydrogens is 294 g/mol. The van der Waals surface area contributed by atoms with E-state index in [2.05, 4.69) is 36.3 Å². The van der Waals surface area contributed by atoms with Crippen LogP contribution in [0.25, 0.3) is 0 Å². The van der Waals surface area contributed by atoms with Gasteiger partial charge in [-0.05, 0) is 15.9 Å². The fourth-order valence-electron chi connectivity index (χ4n) is 1.06. The van der Waals surface area contributed by atoms with Crippen LogP contribution in [0.2, 0.25) is 0 Å². The minimum absolute atomic E-state index is 0.0858. The first kappa shape index (κ1) is 11.2. The van der Waals surface area contributed by atoms with E-state index < -0.39 is 0 Å². The monoisotopic (exact) mass is 301 g/mol. The highest BCUT2D eigenvalue weighted by Gasteiger charge is 2.05. The van der Waals surface area contributed by atoms with E-state index >= 15 is 0 Å². The van der Waals surface area contributed by atoms with Gasteiger partial charge in [-0.2, -0.15) is 5.10 Å². The molecule has 6 nitrogen and oxygen atoms in total. The van der Waals surface area contributed by atoms with E-state index in [0.29, 0.717) is 18.1 Å². The summed E-state index contributed by atoms with van der Waals surface area (Å²) in [4.78, 5) is 19.3. The lowest BCUT2D eigenvalue weighted by Gasteiger charge is -2.01.